The van der Waals surface area contributed by atoms with E-state index in [9.17, 15) is 5.11 Å². The molecule has 0 amide bonds. The number of hydrogen-bond donors (Lipinski definition) is 1. The van der Waals surface area contributed by atoms with Gasteiger partial charge in [-0.25, -0.2) is 4.98 Å². The van der Waals surface area contributed by atoms with E-state index >= 15 is 0 Å². The summed E-state index contributed by atoms with van der Waals surface area (Å²) in [6, 6.07) is 10.2. The predicted molar refractivity (Wildman–Crippen MR) is 80.4 cm³/mol. The minimum atomic E-state index is -0.0168. The first-order valence-corrected chi connectivity index (χ1v) is 6.90. The summed E-state index contributed by atoms with van der Waals surface area (Å²) in [5.41, 5.74) is 0.732. The van der Waals surface area contributed by atoms with Crippen LogP contribution in [0.4, 0.5) is 5.82 Å². The Kier molecular flexibility index (Phi) is 4.38. The van der Waals surface area contributed by atoms with E-state index in [1.54, 1.807) is 0 Å². The number of aromatic nitrogens is 1. The second-order valence-corrected chi connectivity index (χ2v) is 5.25. The van der Waals surface area contributed by atoms with Gasteiger partial charge >= 0.3 is 0 Å². The zero-order valence-corrected chi connectivity index (χ0v) is 11.9. The van der Waals surface area contributed by atoms with Gasteiger partial charge < -0.3 is 10.0 Å². The highest BCUT2D eigenvalue weighted by Gasteiger charge is 2.13. The van der Waals surface area contributed by atoms with Crippen LogP contribution in [0.15, 0.2) is 30.3 Å². The van der Waals surface area contributed by atoms with Crippen molar-refractivity contribution >= 4 is 16.6 Å². The first-order valence-electron chi connectivity index (χ1n) is 6.90. The highest BCUT2D eigenvalue weighted by atomic mass is 16.3. The average Bonchev–Trinajstić information content (AvgIpc) is 2.43. The number of pyridine rings is 1. The molecule has 0 atom stereocenters. The fourth-order valence-electron chi connectivity index (χ4n) is 2.36. The maximum atomic E-state index is 9.38. The van der Waals surface area contributed by atoms with Crippen LogP contribution < -0.4 is 4.90 Å². The topological polar surface area (TPSA) is 36.4 Å². The molecule has 0 bridgehead atoms. The largest absolute Gasteiger partial charge is 0.390 e. The number of rotatable bonds is 5. The van der Waals surface area contributed by atoms with Gasteiger partial charge in [0.05, 0.1) is 12.3 Å². The van der Waals surface area contributed by atoms with Crippen LogP contribution in [-0.4, -0.2) is 23.2 Å². The fraction of sp³-hybridized carbons (Fsp3) is 0.438. The number of benzene rings is 1. The molecule has 1 aromatic heterocycles. The Morgan fingerprint density at radius 3 is 2.63 bits per heavy atom. The van der Waals surface area contributed by atoms with E-state index in [-0.39, 0.29) is 6.61 Å². The number of aliphatic hydroxyl groups is 1. The SMILES string of the molecule is CCN(CC(C)C)c1nc(CO)cc2ccccc12. The summed E-state index contributed by atoms with van der Waals surface area (Å²) < 4.78 is 0. The summed E-state index contributed by atoms with van der Waals surface area (Å²) in [5.74, 6) is 1.57. The molecule has 0 radical (unpaired) electrons. The van der Waals surface area contributed by atoms with E-state index in [1.165, 1.54) is 0 Å². The highest BCUT2D eigenvalue weighted by Crippen LogP contribution is 2.26. The fourth-order valence-corrected chi connectivity index (χ4v) is 2.36. The van der Waals surface area contributed by atoms with Gasteiger partial charge in [-0.15, -0.1) is 0 Å². The van der Waals surface area contributed by atoms with Crippen molar-refractivity contribution < 1.29 is 5.11 Å². The van der Waals surface area contributed by atoms with Gasteiger partial charge in [0.25, 0.3) is 0 Å². The van der Waals surface area contributed by atoms with Gasteiger partial charge in [-0.1, -0.05) is 38.1 Å². The van der Waals surface area contributed by atoms with Crippen molar-refractivity contribution in [3.8, 4) is 0 Å². The number of hydrogen-bond acceptors (Lipinski definition) is 3. The van der Waals surface area contributed by atoms with E-state index in [2.05, 4.69) is 42.8 Å². The number of aliphatic hydroxyl groups excluding tert-OH is 1. The summed E-state index contributed by atoms with van der Waals surface area (Å²) in [4.78, 5) is 6.90. The van der Waals surface area contributed by atoms with Crippen molar-refractivity contribution in [1.82, 2.24) is 4.98 Å². The van der Waals surface area contributed by atoms with Crippen molar-refractivity contribution in [3.05, 3.63) is 36.0 Å². The molecule has 0 saturated heterocycles. The Morgan fingerprint density at radius 2 is 2.00 bits per heavy atom. The van der Waals surface area contributed by atoms with E-state index in [1.807, 2.05) is 18.2 Å². The molecule has 19 heavy (non-hydrogen) atoms. The number of fused-ring (bicyclic) bond motifs is 1. The van der Waals surface area contributed by atoms with E-state index in [0.717, 1.165) is 35.4 Å². The smallest absolute Gasteiger partial charge is 0.136 e. The van der Waals surface area contributed by atoms with Crippen LogP contribution in [-0.2, 0) is 6.61 Å². The predicted octanol–water partition coefficient (Wildman–Crippen LogP) is 3.21. The third-order valence-electron chi connectivity index (χ3n) is 3.20. The molecule has 2 aromatic rings. The molecule has 3 nitrogen and oxygen atoms in total. The lowest BCUT2D eigenvalue weighted by Gasteiger charge is -2.25. The van der Waals surface area contributed by atoms with Crippen molar-refractivity contribution in [2.75, 3.05) is 18.0 Å². The van der Waals surface area contributed by atoms with Crippen molar-refractivity contribution in [1.29, 1.82) is 0 Å². The molecular weight excluding hydrogens is 236 g/mol. The third kappa shape index (κ3) is 3.04. The molecule has 1 aromatic carbocycles. The molecular formula is C16H22N2O. The van der Waals surface area contributed by atoms with Crippen LogP contribution in [0.25, 0.3) is 10.8 Å². The summed E-state index contributed by atoms with van der Waals surface area (Å²) in [6.45, 7) is 8.44. The molecule has 0 saturated carbocycles. The Hall–Kier alpha value is -1.61. The summed E-state index contributed by atoms with van der Waals surface area (Å²) in [6.07, 6.45) is 0. The van der Waals surface area contributed by atoms with E-state index in [0.29, 0.717) is 5.92 Å². The normalized spacial score (nSPS) is 11.2. The zero-order chi connectivity index (χ0) is 13.8. The van der Waals surface area contributed by atoms with Crippen LogP contribution >= 0.6 is 0 Å². The molecule has 3 heteroatoms. The molecule has 0 aliphatic heterocycles. The molecule has 2 rings (SSSR count). The first-order chi connectivity index (χ1) is 9.15. The summed E-state index contributed by atoms with van der Waals surface area (Å²) in [7, 11) is 0. The first kappa shape index (κ1) is 13.8. The van der Waals surface area contributed by atoms with Gasteiger partial charge in [0.15, 0.2) is 0 Å². The molecule has 0 unspecified atom stereocenters. The van der Waals surface area contributed by atoms with E-state index < -0.39 is 0 Å². The molecule has 0 aliphatic rings. The monoisotopic (exact) mass is 258 g/mol. The molecule has 0 fully saturated rings. The maximum Gasteiger partial charge on any atom is 0.136 e. The van der Waals surface area contributed by atoms with Crippen molar-refractivity contribution in [3.63, 3.8) is 0 Å². The average molecular weight is 258 g/mol. The Balaban J connectivity index is 2.55. The van der Waals surface area contributed by atoms with Gasteiger partial charge in [0.2, 0.25) is 0 Å². The molecule has 102 valence electrons. The van der Waals surface area contributed by atoms with Crippen LogP contribution in [0.3, 0.4) is 0 Å². The standard InChI is InChI=1S/C16H22N2O/c1-4-18(10-12(2)3)16-15-8-6-5-7-13(15)9-14(11-19)17-16/h5-9,12,19H,4,10-11H2,1-3H3. The highest BCUT2D eigenvalue weighted by molar-refractivity contribution is 5.92. The van der Waals surface area contributed by atoms with Crippen LogP contribution in [0, 0.1) is 5.92 Å². The van der Waals surface area contributed by atoms with Crippen molar-refractivity contribution in [2.24, 2.45) is 5.92 Å². The summed E-state index contributed by atoms with van der Waals surface area (Å²) in [5, 5.41) is 11.7. The lowest BCUT2D eigenvalue weighted by Crippen LogP contribution is -2.28. The Bertz CT molecular complexity index is 551. The quantitative estimate of drug-likeness (QED) is 0.894. The molecule has 1 heterocycles. The molecule has 0 aliphatic carbocycles. The lowest BCUT2D eigenvalue weighted by molar-refractivity contribution is 0.277. The second-order valence-electron chi connectivity index (χ2n) is 5.25. The Morgan fingerprint density at radius 1 is 1.26 bits per heavy atom. The Labute approximate surface area is 114 Å². The van der Waals surface area contributed by atoms with Gasteiger partial charge in [-0.3, -0.25) is 0 Å². The van der Waals surface area contributed by atoms with Crippen LogP contribution in [0.2, 0.25) is 0 Å². The maximum absolute atomic E-state index is 9.38. The van der Waals surface area contributed by atoms with Gasteiger partial charge in [-0.05, 0) is 24.3 Å². The van der Waals surface area contributed by atoms with Gasteiger partial charge in [0, 0.05) is 18.5 Å². The van der Waals surface area contributed by atoms with Crippen LogP contribution in [0.1, 0.15) is 26.5 Å². The third-order valence-corrected chi connectivity index (χ3v) is 3.20. The number of nitrogens with zero attached hydrogens (tertiary/aromatic N) is 2. The summed E-state index contributed by atoms with van der Waals surface area (Å²) >= 11 is 0. The zero-order valence-electron chi connectivity index (χ0n) is 11.9. The molecule has 0 spiro atoms. The lowest BCUT2D eigenvalue weighted by atomic mass is 10.1. The van der Waals surface area contributed by atoms with Gasteiger partial charge in [0.1, 0.15) is 5.82 Å². The van der Waals surface area contributed by atoms with Crippen molar-refractivity contribution in [2.45, 2.75) is 27.4 Å². The number of anilines is 1. The minimum Gasteiger partial charge on any atom is -0.390 e. The van der Waals surface area contributed by atoms with Gasteiger partial charge in [-0.2, -0.15) is 0 Å². The van der Waals surface area contributed by atoms with Crippen LogP contribution in [0.5, 0.6) is 0 Å². The van der Waals surface area contributed by atoms with E-state index in [4.69, 9.17) is 0 Å². The molecule has 1 N–H and O–H groups in total. The second kappa shape index (κ2) is 6.02. The minimum absolute atomic E-state index is 0.0168.